The number of hydrogen-bond acceptors (Lipinski definition) is 4. The first-order valence-corrected chi connectivity index (χ1v) is 11.1. The molecule has 5 nitrogen and oxygen atoms in total. The Bertz CT molecular complexity index is 690. The van der Waals surface area contributed by atoms with Gasteiger partial charge in [-0.25, -0.2) is 4.98 Å². The third kappa shape index (κ3) is 2.88. The lowest BCUT2D eigenvalue weighted by Crippen LogP contribution is -2.49. The van der Waals surface area contributed by atoms with Crippen molar-refractivity contribution >= 4 is 5.78 Å². The third-order valence-corrected chi connectivity index (χ3v) is 9.12. The minimum atomic E-state index is -0.0544. The maximum Gasteiger partial charge on any atom is 0.144 e. The van der Waals surface area contributed by atoms with Crippen LogP contribution < -0.4 is 0 Å². The summed E-state index contributed by atoms with van der Waals surface area (Å²) in [6.45, 7) is 2.42. The monoisotopic (exact) mass is 371 g/mol. The molecule has 0 unspecified atom stereocenters. The molecule has 5 heteroatoms. The molecule has 0 spiro atoms. The number of aromatic nitrogens is 3. The summed E-state index contributed by atoms with van der Waals surface area (Å²) >= 11 is 0. The zero-order valence-corrected chi connectivity index (χ0v) is 16.4. The number of aliphatic hydroxyl groups excluding tert-OH is 1. The van der Waals surface area contributed by atoms with Crippen LogP contribution in [0.3, 0.4) is 0 Å². The van der Waals surface area contributed by atoms with E-state index in [0.717, 1.165) is 42.9 Å². The summed E-state index contributed by atoms with van der Waals surface area (Å²) in [6.07, 6.45) is 12.5. The average molecular weight is 372 g/mol. The number of ketones is 1. The Kier molecular flexibility index (Phi) is 4.41. The van der Waals surface area contributed by atoms with Crippen LogP contribution in [-0.4, -0.2) is 32.2 Å². The van der Waals surface area contributed by atoms with Gasteiger partial charge in [-0.05, 0) is 92.8 Å². The summed E-state index contributed by atoms with van der Waals surface area (Å²) in [5.74, 6) is 5.23. The van der Waals surface area contributed by atoms with Crippen molar-refractivity contribution in [2.24, 2.45) is 40.9 Å². The number of hydrogen-bond donors (Lipinski definition) is 2. The van der Waals surface area contributed by atoms with Gasteiger partial charge in [0.1, 0.15) is 17.9 Å². The molecular weight excluding hydrogens is 338 g/mol. The first-order valence-electron chi connectivity index (χ1n) is 11.1. The van der Waals surface area contributed by atoms with E-state index < -0.39 is 0 Å². The van der Waals surface area contributed by atoms with Crippen LogP contribution in [0.1, 0.15) is 70.5 Å². The second kappa shape index (κ2) is 6.68. The van der Waals surface area contributed by atoms with Crippen molar-refractivity contribution in [3.8, 4) is 0 Å². The zero-order valence-electron chi connectivity index (χ0n) is 16.4. The van der Waals surface area contributed by atoms with E-state index in [0.29, 0.717) is 23.9 Å². The quantitative estimate of drug-likeness (QED) is 0.852. The second-order valence-electron chi connectivity index (χ2n) is 10.2. The number of rotatable bonds is 3. The van der Waals surface area contributed by atoms with Gasteiger partial charge in [-0.3, -0.25) is 9.89 Å². The van der Waals surface area contributed by atoms with Crippen molar-refractivity contribution in [1.29, 1.82) is 0 Å². The van der Waals surface area contributed by atoms with Gasteiger partial charge in [0.2, 0.25) is 0 Å². The van der Waals surface area contributed by atoms with E-state index in [1.54, 1.807) is 0 Å². The molecule has 2 N–H and O–H groups in total. The summed E-state index contributed by atoms with van der Waals surface area (Å²) in [5, 5.41) is 16.8. The minimum Gasteiger partial charge on any atom is -0.393 e. The smallest absolute Gasteiger partial charge is 0.144 e. The molecule has 0 aromatic carbocycles. The van der Waals surface area contributed by atoms with Crippen molar-refractivity contribution in [3.63, 3.8) is 0 Å². The summed E-state index contributed by atoms with van der Waals surface area (Å²) < 4.78 is 0. The Morgan fingerprint density at radius 3 is 2.81 bits per heavy atom. The van der Waals surface area contributed by atoms with Gasteiger partial charge in [-0.15, -0.1) is 0 Å². The largest absolute Gasteiger partial charge is 0.393 e. The molecule has 8 atom stereocenters. The van der Waals surface area contributed by atoms with Crippen LogP contribution in [0.15, 0.2) is 6.33 Å². The number of carbonyl (C=O) groups is 1. The molecule has 0 radical (unpaired) electrons. The van der Waals surface area contributed by atoms with Gasteiger partial charge < -0.3 is 5.11 Å². The highest BCUT2D eigenvalue weighted by atomic mass is 16.3. The first-order chi connectivity index (χ1) is 13.1. The SMILES string of the molecule is C[C@]12CC[C@H]3[C@@H](CC[C@@H]4C[C@H](O)CC[C@@H]43)[C@@H]1CC[C@@H]2C(=O)Cc1ncn[nH]1. The van der Waals surface area contributed by atoms with E-state index in [-0.39, 0.29) is 17.4 Å². The maximum absolute atomic E-state index is 13.1. The number of carbonyl (C=O) groups excluding carboxylic acids is 1. The zero-order chi connectivity index (χ0) is 18.6. The van der Waals surface area contributed by atoms with Crippen molar-refractivity contribution in [2.75, 3.05) is 0 Å². The van der Waals surface area contributed by atoms with Gasteiger partial charge >= 0.3 is 0 Å². The molecule has 27 heavy (non-hydrogen) atoms. The topological polar surface area (TPSA) is 78.9 Å². The Morgan fingerprint density at radius 2 is 2.00 bits per heavy atom. The van der Waals surface area contributed by atoms with Crippen molar-refractivity contribution in [3.05, 3.63) is 12.2 Å². The van der Waals surface area contributed by atoms with E-state index >= 15 is 0 Å². The molecule has 5 rings (SSSR count). The van der Waals surface area contributed by atoms with Crippen LogP contribution in [0, 0.1) is 40.9 Å². The van der Waals surface area contributed by atoms with Gasteiger partial charge in [0.05, 0.1) is 12.5 Å². The average Bonchev–Trinajstić information content (AvgIpc) is 3.28. The van der Waals surface area contributed by atoms with Gasteiger partial charge in [-0.1, -0.05) is 6.92 Å². The van der Waals surface area contributed by atoms with Crippen LogP contribution in [0.25, 0.3) is 0 Å². The fraction of sp³-hybridized carbons (Fsp3) is 0.864. The van der Waals surface area contributed by atoms with E-state index in [2.05, 4.69) is 22.1 Å². The van der Waals surface area contributed by atoms with Crippen molar-refractivity contribution < 1.29 is 9.90 Å². The standard InChI is InChI=1S/C22H33N3O2/c1-22-9-8-16-15-5-3-14(26)10-13(15)2-4-17(16)18(22)6-7-19(22)20(27)11-21-23-12-24-25-21/h12-19,26H,2-11H2,1H3,(H,23,24,25)/t13-,14-,15+,16-,17-,18+,19-,22+/m1/s1. The lowest BCUT2D eigenvalue weighted by Gasteiger charge is -2.56. The lowest BCUT2D eigenvalue weighted by atomic mass is 9.49. The molecule has 0 aliphatic heterocycles. The molecule has 1 heterocycles. The summed E-state index contributed by atoms with van der Waals surface area (Å²) in [6, 6.07) is 0. The molecule has 1 aromatic heterocycles. The molecule has 148 valence electrons. The molecule has 0 bridgehead atoms. The van der Waals surface area contributed by atoms with E-state index in [9.17, 15) is 9.90 Å². The van der Waals surface area contributed by atoms with E-state index in [4.69, 9.17) is 0 Å². The Hall–Kier alpha value is -1.23. The van der Waals surface area contributed by atoms with Crippen molar-refractivity contribution in [2.45, 2.75) is 77.2 Å². The Balaban J connectivity index is 1.33. The predicted molar refractivity (Wildman–Crippen MR) is 102 cm³/mol. The predicted octanol–water partition coefficient (Wildman–Crippen LogP) is 3.55. The Morgan fingerprint density at radius 1 is 1.15 bits per heavy atom. The Labute approximate surface area is 161 Å². The van der Waals surface area contributed by atoms with Crippen LogP contribution in [0.2, 0.25) is 0 Å². The highest BCUT2D eigenvalue weighted by molar-refractivity contribution is 5.83. The van der Waals surface area contributed by atoms with Gasteiger partial charge in [0.25, 0.3) is 0 Å². The maximum atomic E-state index is 13.1. The fourth-order valence-corrected chi connectivity index (χ4v) is 7.96. The molecule has 0 saturated heterocycles. The van der Waals surface area contributed by atoms with E-state index in [1.165, 1.54) is 44.9 Å². The molecule has 4 fully saturated rings. The number of H-pyrrole nitrogens is 1. The fourth-order valence-electron chi connectivity index (χ4n) is 7.96. The van der Waals surface area contributed by atoms with E-state index in [1.807, 2.05) is 0 Å². The summed E-state index contributed by atoms with van der Waals surface area (Å²) in [7, 11) is 0. The van der Waals surface area contributed by atoms with Gasteiger partial charge in [0.15, 0.2) is 0 Å². The van der Waals surface area contributed by atoms with Crippen LogP contribution >= 0.6 is 0 Å². The second-order valence-corrected chi connectivity index (χ2v) is 10.2. The van der Waals surface area contributed by atoms with Gasteiger partial charge in [-0.2, -0.15) is 5.10 Å². The number of nitrogens with zero attached hydrogens (tertiary/aromatic N) is 2. The molecule has 4 aliphatic carbocycles. The summed E-state index contributed by atoms with van der Waals surface area (Å²) in [5.41, 5.74) is 0.180. The molecule has 4 saturated carbocycles. The normalized spacial score (nSPS) is 46.4. The highest BCUT2D eigenvalue weighted by Gasteiger charge is 2.58. The molecule has 4 aliphatic rings. The number of aliphatic hydroxyl groups is 1. The van der Waals surface area contributed by atoms with Crippen LogP contribution in [-0.2, 0) is 11.2 Å². The number of fused-ring (bicyclic) bond motifs is 5. The minimum absolute atomic E-state index is 0.0544. The number of aromatic amines is 1. The number of Topliss-reactive ketones (excluding diaryl/α,β-unsaturated/α-hetero) is 1. The summed E-state index contributed by atoms with van der Waals surface area (Å²) in [4.78, 5) is 17.2. The highest BCUT2D eigenvalue weighted by Crippen LogP contribution is 2.64. The first kappa shape index (κ1) is 17.8. The lowest BCUT2D eigenvalue weighted by molar-refractivity contribution is -0.130. The van der Waals surface area contributed by atoms with Crippen molar-refractivity contribution in [1.82, 2.24) is 15.2 Å². The number of nitrogens with one attached hydrogen (secondary N) is 1. The van der Waals surface area contributed by atoms with Crippen LogP contribution in [0.5, 0.6) is 0 Å². The molecular formula is C22H33N3O2. The van der Waals surface area contributed by atoms with Crippen LogP contribution in [0.4, 0.5) is 0 Å². The molecule has 1 aromatic rings. The van der Waals surface area contributed by atoms with Gasteiger partial charge in [0, 0.05) is 5.92 Å². The molecule has 0 amide bonds. The third-order valence-electron chi connectivity index (χ3n) is 9.12.